The summed E-state index contributed by atoms with van der Waals surface area (Å²) in [5.74, 6) is -0.229. The van der Waals surface area contributed by atoms with Crippen molar-refractivity contribution in [3.8, 4) is 0 Å². The quantitative estimate of drug-likeness (QED) is 0.886. The second-order valence-electron chi connectivity index (χ2n) is 5.84. The van der Waals surface area contributed by atoms with Gasteiger partial charge in [-0.25, -0.2) is 8.42 Å². The lowest BCUT2D eigenvalue weighted by Gasteiger charge is -2.22. The lowest BCUT2D eigenvalue weighted by molar-refractivity contribution is -0.124. The van der Waals surface area contributed by atoms with E-state index in [1.807, 2.05) is 37.3 Å². The highest BCUT2D eigenvalue weighted by Gasteiger charge is 2.39. The van der Waals surface area contributed by atoms with Gasteiger partial charge in [0.05, 0.1) is 0 Å². The summed E-state index contributed by atoms with van der Waals surface area (Å²) in [4.78, 5) is 13.4. The van der Waals surface area contributed by atoms with Crippen LogP contribution < -0.4 is 5.32 Å². The van der Waals surface area contributed by atoms with Gasteiger partial charge in [-0.1, -0.05) is 30.3 Å². The molecule has 1 aromatic heterocycles. The van der Waals surface area contributed by atoms with Gasteiger partial charge in [0.2, 0.25) is 5.91 Å². The number of amides is 1. The van der Waals surface area contributed by atoms with Crippen LogP contribution in [0.15, 0.2) is 46.7 Å². The Morgan fingerprint density at radius 1 is 1.25 bits per heavy atom. The number of thiophene rings is 1. The first kappa shape index (κ1) is 17.1. The van der Waals surface area contributed by atoms with Crippen molar-refractivity contribution < 1.29 is 13.2 Å². The lowest BCUT2D eigenvalue weighted by atomic mass is 10.2. The van der Waals surface area contributed by atoms with E-state index in [1.165, 1.54) is 15.6 Å². The Bertz CT molecular complexity index is 815. The summed E-state index contributed by atoms with van der Waals surface area (Å²) in [6.07, 6.45) is 1.26. The van der Waals surface area contributed by atoms with E-state index < -0.39 is 16.1 Å². The Labute approximate surface area is 146 Å². The third-order valence-corrected chi connectivity index (χ3v) is 7.47. The number of aryl methyl sites for hydroxylation is 1. The average molecular weight is 364 g/mol. The molecule has 128 valence electrons. The molecule has 1 atom stereocenters. The first-order valence-electron chi connectivity index (χ1n) is 7.88. The van der Waals surface area contributed by atoms with Gasteiger partial charge in [-0.05, 0) is 37.5 Å². The predicted octanol–water partition coefficient (Wildman–Crippen LogP) is 2.53. The van der Waals surface area contributed by atoms with Gasteiger partial charge in [0.15, 0.2) is 0 Å². The molecule has 0 aliphatic carbocycles. The van der Waals surface area contributed by atoms with Crippen molar-refractivity contribution in [3.05, 3.63) is 52.9 Å². The van der Waals surface area contributed by atoms with Crippen molar-refractivity contribution in [2.75, 3.05) is 6.54 Å². The van der Waals surface area contributed by atoms with Crippen molar-refractivity contribution in [2.45, 2.75) is 36.6 Å². The number of hydrogen-bond donors (Lipinski definition) is 1. The molecular formula is C17H20N2O3S2. The van der Waals surface area contributed by atoms with Crippen LogP contribution in [0.3, 0.4) is 0 Å². The number of benzene rings is 1. The number of nitrogens with one attached hydrogen (secondary N) is 1. The van der Waals surface area contributed by atoms with E-state index in [9.17, 15) is 13.2 Å². The minimum atomic E-state index is -3.60. The molecule has 3 rings (SSSR count). The highest BCUT2D eigenvalue weighted by molar-refractivity contribution is 7.91. The van der Waals surface area contributed by atoms with Gasteiger partial charge >= 0.3 is 0 Å². The van der Waals surface area contributed by atoms with Crippen LogP contribution in [-0.4, -0.2) is 31.2 Å². The second-order valence-corrected chi connectivity index (χ2v) is 9.25. The van der Waals surface area contributed by atoms with Crippen LogP contribution in [0.1, 0.15) is 23.3 Å². The molecule has 1 amide bonds. The van der Waals surface area contributed by atoms with Gasteiger partial charge in [0, 0.05) is 18.0 Å². The molecule has 1 aromatic carbocycles. The van der Waals surface area contributed by atoms with Crippen molar-refractivity contribution >= 4 is 27.3 Å². The van der Waals surface area contributed by atoms with E-state index in [0.717, 1.165) is 10.4 Å². The number of carbonyl (C=O) groups is 1. The fourth-order valence-corrected chi connectivity index (χ4v) is 5.93. The van der Waals surface area contributed by atoms with Gasteiger partial charge in [0.1, 0.15) is 10.3 Å². The van der Waals surface area contributed by atoms with Crippen LogP contribution >= 0.6 is 11.3 Å². The molecule has 1 N–H and O–H groups in total. The maximum Gasteiger partial charge on any atom is 0.253 e. The zero-order valence-electron chi connectivity index (χ0n) is 13.4. The first-order chi connectivity index (χ1) is 11.5. The Hall–Kier alpha value is -1.70. The van der Waals surface area contributed by atoms with Crippen molar-refractivity contribution in [1.29, 1.82) is 0 Å². The van der Waals surface area contributed by atoms with Crippen molar-refractivity contribution in [2.24, 2.45) is 0 Å². The number of carbonyl (C=O) groups excluding carboxylic acids is 1. The topological polar surface area (TPSA) is 66.5 Å². The molecule has 1 aliphatic rings. The monoisotopic (exact) mass is 364 g/mol. The molecule has 2 heterocycles. The normalized spacial score (nSPS) is 18.6. The van der Waals surface area contributed by atoms with E-state index in [-0.39, 0.29) is 5.91 Å². The predicted molar refractivity (Wildman–Crippen MR) is 94.3 cm³/mol. The Balaban J connectivity index is 1.72. The summed E-state index contributed by atoms with van der Waals surface area (Å²) in [6.45, 7) is 2.67. The van der Waals surface area contributed by atoms with Crippen LogP contribution in [-0.2, 0) is 21.4 Å². The summed E-state index contributed by atoms with van der Waals surface area (Å²) in [6, 6.07) is 12.4. The Morgan fingerprint density at radius 2 is 2.00 bits per heavy atom. The standard InChI is InChI=1S/C17H20N2O3S2/c1-13-9-10-16(23-13)24(21,22)19-11-5-8-15(19)17(20)18-12-14-6-3-2-4-7-14/h2-4,6-7,9-10,15H,5,8,11-12H2,1H3,(H,18,20). The number of hydrogen-bond acceptors (Lipinski definition) is 4. The maximum atomic E-state index is 12.8. The maximum absolute atomic E-state index is 12.8. The van der Waals surface area contributed by atoms with E-state index >= 15 is 0 Å². The van der Waals surface area contributed by atoms with Crippen LogP contribution in [0.2, 0.25) is 0 Å². The van der Waals surface area contributed by atoms with Crippen LogP contribution in [0.4, 0.5) is 0 Å². The summed E-state index contributed by atoms with van der Waals surface area (Å²) in [5, 5.41) is 2.86. The Kier molecular flexibility index (Phi) is 5.03. The third-order valence-electron chi connectivity index (χ3n) is 4.09. The smallest absolute Gasteiger partial charge is 0.253 e. The zero-order valence-corrected chi connectivity index (χ0v) is 15.1. The van der Waals surface area contributed by atoms with Crippen molar-refractivity contribution in [1.82, 2.24) is 9.62 Å². The number of nitrogens with zero attached hydrogens (tertiary/aromatic N) is 1. The molecule has 2 aromatic rings. The molecular weight excluding hydrogens is 344 g/mol. The molecule has 7 heteroatoms. The summed E-state index contributed by atoms with van der Waals surface area (Å²) in [7, 11) is -3.60. The first-order valence-corrected chi connectivity index (χ1v) is 10.1. The highest BCUT2D eigenvalue weighted by Crippen LogP contribution is 2.30. The Morgan fingerprint density at radius 3 is 2.67 bits per heavy atom. The third kappa shape index (κ3) is 3.53. The van der Waals surface area contributed by atoms with Gasteiger partial charge in [-0.3, -0.25) is 4.79 Å². The molecule has 1 unspecified atom stereocenters. The van der Waals surface area contributed by atoms with E-state index in [0.29, 0.717) is 30.1 Å². The largest absolute Gasteiger partial charge is 0.351 e. The highest BCUT2D eigenvalue weighted by atomic mass is 32.2. The molecule has 1 fully saturated rings. The number of sulfonamides is 1. The number of rotatable bonds is 5. The second kappa shape index (κ2) is 7.04. The average Bonchev–Trinajstić information content (AvgIpc) is 3.23. The molecule has 0 saturated carbocycles. The fourth-order valence-electron chi connectivity index (χ4n) is 2.86. The zero-order chi connectivity index (χ0) is 17.2. The summed E-state index contributed by atoms with van der Waals surface area (Å²) in [5.41, 5.74) is 0.993. The molecule has 0 spiro atoms. The van der Waals surface area contributed by atoms with Crippen LogP contribution in [0.5, 0.6) is 0 Å². The summed E-state index contributed by atoms with van der Waals surface area (Å²) < 4.78 is 27.2. The lowest BCUT2D eigenvalue weighted by Crippen LogP contribution is -2.45. The molecule has 0 bridgehead atoms. The van der Waals surface area contributed by atoms with Crippen LogP contribution in [0.25, 0.3) is 0 Å². The SMILES string of the molecule is Cc1ccc(S(=O)(=O)N2CCCC2C(=O)NCc2ccccc2)s1. The minimum absolute atomic E-state index is 0.229. The molecule has 0 radical (unpaired) electrons. The van der Waals surface area contributed by atoms with Crippen LogP contribution in [0, 0.1) is 6.92 Å². The van der Waals surface area contributed by atoms with Gasteiger partial charge in [-0.15, -0.1) is 11.3 Å². The van der Waals surface area contributed by atoms with Crippen molar-refractivity contribution in [3.63, 3.8) is 0 Å². The summed E-state index contributed by atoms with van der Waals surface area (Å²) >= 11 is 1.24. The minimum Gasteiger partial charge on any atom is -0.351 e. The molecule has 24 heavy (non-hydrogen) atoms. The molecule has 1 saturated heterocycles. The van der Waals surface area contributed by atoms with E-state index in [4.69, 9.17) is 0 Å². The van der Waals surface area contributed by atoms with Gasteiger partial charge < -0.3 is 5.32 Å². The van der Waals surface area contributed by atoms with Gasteiger partial charge in [-0.2, -0.15) is 4.31 Å². The molecule has 5 nitrogen and oxygen atoms in total. The van der Waals surface area contributed by atoms with E-state index in [2.05, 4.69) is 5.32 Å². The fraction of sp³-hybridized carbons (Fsp3) is 0.353. The van der Waals surface area contributed by atoms with Gasteiger partial charge in [0.25, 0.3) is 10.0 Å². The van der Waals surface area contributed by atoms with E-state index in [1.54, 1.807) is 12.1 Å². The molecule has 1 aliphatic heterocycles.